The van der Waals surface area contributed by atoms with Gasteiger partial charge in [-0.2, -0.15) is 5.26 Å². The summed E-state index contributed by atoms with van der Waals surface area (Å²) in [7, 11) is 0. The smallest absolute Gasteiger partial charge is 0.231 e. The number of hydrogen-bond donors (Lipinski definition) is 1. The fourth-order valence-corrected chi connectivity index (χ4v) is 4.16. The summed E-state index contributed by atoms with van der Waals surface area (Å²) in [5, 5.41) is 13.0. The molecule has 2 aromatic rings. The number of amides is 1. The number of anilines is 1. The zero-order valence-electron chi connectivity index (χ0n) is 14.8. The zero-order valence-corrected chi connectivity index (χ0v) is 15.6. The first kappa shape index (κ1) is 17.7. The maximum atomic E-state index is 12.2. The Labute approximate surface area is 161 Å². The van der Waals surface area contributed by atoms with Crippen LogP contribution in [-0.4, -0.2) is 23.4 Å². The number of benzene rings is 1. The minimum atomic E-state index is -0.0853. The molecule has 1 amide bonds. The van der Waals surface area contributed by atoms with Crippen LogP contribution in [0.3, 0.4) is 0 Å². The van der Waals surface area contributed by atoms with Crippen LogP contribution >= 0.6 is 11.8 Å². The van der Waals surface area contributed by atoms with Crippen LogP contribution in [0.25, 0.3) is 0 Å². The van der Waals surface area contributed by atoms with Crippen LogP contribution < -0.4 is 14.8 Å². The van der Waals surface area contributed by atoms with Crippen LogP contribution in [0.4, 0.5) is 5.69 Å². The number of pyridine rings is 1. The van der Waals surface area contributed by atoms with Gasteiger partial charge >= 0.3 is 0 Å². The number of thioether (sulfide) groups is 1. The molecule has 7 heteroatoms. The number of nitriles is 1. The normalized spacial score (nSPS) is 14.3. The van der Waals surface area contributed by atoms with Crippen LogP contribution in [0, 0.1) is 11.3 Å². The predicted molar refractivity (Wildman–Crippen MR) is 102 cm³/mol. The molecule has 4 rings (SSSR count). The van der Waals surface area contributed by atoms with E-state index in [0.29, 0.717) is 34.9 Å². The summed E-state index contributed by atoms with van der Waals surface area (Å²) in [6.45, 7) is 0.207. The van der Waals surface area contributed by atoms with Crippen LogP contribution in [0.15, 0.2) is 29.3 Å². The number of carbonyl (C=O) groups is 1. The lowest BCUT2D eigenvalue weighted by Crippen LogP contribution is -2.12. The standard InChI is InChI=1S/C20H19N3O3S/c21-11-14-9-13-3-1-2-4-16(13)23-20(14)27-8-7-19(24)22-15-5-6-17-18(10-15)26-12-25-17/h5-6,9-10H,1-4,7-8,12H2,(H,22,24). The molecule has 0 saturated heterocycles. The molecule has 0 radical (unpaired) electrons. The molecule has 1 aromatic carbocycles. The van der Waals surface area contributed by atoms with Gasteiger partial charge in [-0.1, -0.05) is 0 Å². The van der Waals surface area contributed by atoms with Crippen LogP contribution in [-0.2, 0) is 17.6 Å². The lowest BCUT2D eigenvalue weighted by Gasteiger charge is -2.16. The summed E-state index contributed by atoms with van der Waals surface area (Å²) >= 11 is 1.46. The number of nitrogens with zero attached hydrogens (tertiary/aromatic N) is 2. The molecule has 2 aliphatic rings. The van der Waals surface area contributed by atoms with Crippen molar-refractivity contribution in [2.45, 2.75) is 37.1 Å². The first-order valence-corrected chi connectivity index (χ1v) is 9.96. The molecule has 0 bridgehead atoms. The van der Waals surface area contributed by atoms with E-state index in [1.165, 1.54) is 17.3 Å². The van der Waals surface area contributed by atoms with E-state index in [0.717, 1.165) is 36.4 Å². The van der Waals surface area contributed by atoms with Gasteiger partial charge in [-0.3, -0.25) is 4.79 Å². The van der Waals surface area contributed by atoms with E-state index in [9.17, 15) is 10.1 Å². The van der Waals surface area contributed by atoms with Gasteiger partial charge in [-0.15, -0.1) is 11.8 Å². The molecule has 1 aliphatic heterocycles. The maximum Gasteiger partial charge on any atom is 0.231 e. The first-order chi connectivity index (χ1) is 13.2. The molecule has 1 aromatic heterocycles. The summed E-state index contributed by atoms with van der Waals surface area (Å²) in [4.78, 5) is 16.9. The highest BCUT2D eigenvalue weighted by Gasteiger charge is 2.16. The molecule has 6 nitrogen and oxygen atoms in total. The van der Waals surface area contributed by atoms with E-state index in [-0.39, 0.29) is 12.7 Å². The predicted octanol–water partition coefficient (Wildman–Crippen LogP) is 3.68. The van der Waals surface area contributed by atoms with Crippen LogP contribution in [0.5, 0.6) is 11.5 Å². The quantitative estimate of drug-likeness (QED) is 0.796. The number of hydrogen-bond acceptors (Lipinski definition) is 6. The molecule has 2 heterocycles. The van der Waals surface area contributed by atoms with Crippen molar-refractivity contribution in [2.75, 3.05) is 17.9 Å². The first-order valence-electron chi connectivity index (χ1n) is 8.98. The monoisotopic (exact) mass is 381 g/mol. The highest BCUT2D eigenvalue weighted by molar-refractivity contribution is 7.99. The highest BCUT2D eigenvalue weighted by Crippen LogP contribution is 2.34. The molecular formula is C20H19N3O3S. The van der Waals surface area contributed by atoms with Gasteiger partial charge in [-0.25, -0.2) is 4.98 Å². The van der Waals surface area contributed by atoms with Crippen molar-refractivity contribution in [1.82, 2.24) is 4.98 Å². The van der Waals surface area contributed by atoms with E-state index in [2.05, 4.69) is 16.4 Å². The number of ether oxygens (including phenoxy) is 2. The third-order valence-electron chi connectivity index (χ3n) is 4.61. The molecule has 0 unspecified atom stereocenters. The van der Waals surface area contributed by atoms with Crippen LogP contribution in [0.1, 0.15) is 36.1 Å². The van der Waals surface area contributed by atoms with Gasteiger partial charge in [0.25, 0.3) is 0 Å². The maximum absolute atomic E-state index is 12.2. The van der Waals surface area contributed by atoms with Gasteiger partial charge in [-0.05, 0) is 49.4 Å². The Morgan fingerprint density at radius 3 is 2.96 bits per heavy atom. The van der Waals surface area contributed by atoms with Gasteiger partial charge in [0.05, 0.1) is 5.56 Å². The average molecular weight is 381 g/mol. The van der Waals surface area contributed by atoms with E-state index < -0.39 is 0 Å². The second-order valence-corrected chi connectivity index (χ2v) is 7.56. The molecule has 0 spiro atoms. The molecule has 0 saturated carbocycles. The van der Waals surface area contributed by atoms with Gasteiger partial charge in [0.15, 0.2) is 11.5 Å². The summed E-state index contributed by atoms with van der Waals surface area (Å²) < 4.78 is 10.6. The lowest BCUT2D eigenvalue weighted by atomic mass is 9.95. The van der Waals surface area contributed by atoms with Gasteiger partial charge in [0, 0.05) is 29.6 Å². The molecule has 0 fully saturated rings. The third-order valence-corrected chi connectivity index (χ3v) is 5.60. The van der Waals surface area contributed by atoms with Crippen molar-refractivity contribution < 1.29 is 14.3 Å². The van der Waals surface area contributed by atoms with Crippen LogP contribution in [0.2, 0.25) is 0 Å². The number of nitrogens with one attached hydrogen (secondary N) is 1. The topological polar surface area (TPSA) is 84.2 Å². The van der Waals surface area contributed by atoms with Crippen molar-refractivity contribution in [3.8, 4) is 17.6 Å². The summed E-state index contributed by atoms with van der Waals surface area (Å²) in [5.74, 6) is 1.81. The van der Waals surface area contributed by atoms with Crippen molar-refractivity contribution in [3.63, 3.8) is 0 Å². The SMILES string of the molecule is N#Cc1cc2c(nc1SCCC(=O)Nc1ccc3c(c1)OCO3)CCCC2. The number of fused-ring (bicyclic) bond motifs is 2. The Balaban J connectivity index is 1.34. The minimum absolute atomic E-state index is 0.0853. The second kappa shape index (κ2) is 7.89. The number of aromatic nitrogens is 1. The fraction of sp³-hybridized carbons (Fsp3) is 0.350. The number of rotatable bonds is 5. The molecular weight excluding hydrogens is 362 g/mol. The second-order valence-electron chi connectivity index (χ2n) is 6.48. The molecule has 1 N–H and O–H groups in total. The Morgan fingerprint density at radius 2 is 2.07 bits per heavy atom. The third kappa shape index (κ3) is 4.01. The minimum Gasteiger partial charge on any atom is -0.454 e. The summed E-state index contributed by atoms with van der Waals surface area (Å²) in [6.07, 6.45) is 4.61. The number of carbonyl (C=O) groups excluding carboxylic acids is 1. The summed E-state index contributed by atoms with van der Waals surface area (Å²) in [5.41, 5.74) is 3.59. The van der Waals surface area contributed by atoms with E-state index in [4.69, 9.17) is 9.47 Å². The zero-order chi connectivity index (χ0) is 18.6. The van der Waals surface area contributed by atoms with Crippen molar-refractivity contribution in [1.29, 1.82) is 5.26 Å². The van der Waals surface area contributed by atoms with E-state index in [1.807, 2.05) is 6.07 Å². The average Bonchev–Trinajstić information content (AvgIpc) is 3.15. The molecule has 138 valence electrons. The fourth-order valence-electron chi connectivity index (χ4n) is 3.24. The van der Waals surface area contributed by atoms with Gasteiger partial charge in [0.2, 0.25) is 12.7 Å². The Morgan fingerprint density at radius 1 is 1.22 bits per heavy atom. The Kier molecular flexibility index (Phi) is 5.16. The van der Waals surface area contributed by atoms with Gasteiger partial charge < -0.3 is 14.8 Å². The molecule has 1 aliphatic carbocycles. The van der Waals surface area contributed by atoms with E-state index in [1.54, 1.807) is 18.2 Å². The number of aryl methyl sites for hydroxylation is 2. The van der Waals surface area contributed by atoms with E-state index >= 15 is 0 Å². The lowest BCUT2D eigenvalue weighted by molar-refractivity contribution is -0.115. The largest absolute Gasteiger partial charge is 0.454 e. The van der Waals surface area contributed by atoms with Gasteiger partial charge in [0.1, 0.15) is 11.1 Å². The van der Waals surface area contributed by atoms with Crippen molar-refractivity contribution in [3.05, 3.63) is 41.1 Å². The molecule has 27 heavy (non-hydrogen) atoms. The molecule has 0 atom stereocenters. The Hall–Kier alpha value is -2.72. The Bertz CT molecular complexity index is 923. The highest BCUT2D eigenvalue weighted by atomic mass is 32.2. The van der Waals surface area contributed by atoms with Crippen molar-refractivity contribution in [2.24, 2.45) is 0 Å². The van der Waals surface area contributed by atoms with Crippen molar-refractivity contribution >= 4 is 23.4 Å². The summed E-state index contributed by atoms with van der Waals surface area (Å²) in [6, 6.07) is 9.53.